The van der Waals surface area contributed by atoms with E-state index in [1.807, 2.05) is 31.2 Å². The monoisotopic (exact) mass is 511 g/mol. The molecule has 0 spiro atoms. The molecule has 1 N–H and O–H groups in total. The summed E-state index contributed by atoms with van der Waals surface area (Å²) in [6, 6.07) is 23.3. The molecular weight excluding hydrogens is 482 g/mol. The molecule has 1 saturated carbocycles. The van der Waals surface area contributed by atoms with E-state index in [4.69, 9.17) is 21.1 Å². The lowest BCUT2D eigenvalue weighted by Crippen LogP contribution is -2.25. The molecule has 0 atom stereocenters. The van der Waals surface area contributed by atoms with Crippen molar-refractivity contribution in [2.24, 2.45) is 0 Å². The number of nitrogens with one attached hydrogen (secondary N) is 1. The van der Waals surface area contributed by atoms with Gasteiger partial charge in [-0.15, -0.1) is 0 Å². The number of aryl methyl sites for hydroxylation is 1. The fourth-order valence-electron chi connectivity index (χ4n) is 5.41. The largest absolute Gasteiger partial charge is 0.490 e. The molecule has 0 unspecified atom stereocenters. The molecule has 2 heterocycles. The summed E-state index contributed by atoms with van der Waals surface area (Å²) in [5.74, 6) is 0.867. The molecule has 2 fully saturated rings. The summed E-state index contributed by atoms with van der Waals surface area (Å²) in [7, 11) is 0. The molecule has 37 heavy (non-hydrogen) atoms. The molecule has 188 valence electrons. The Labute approximate surface area is 222 Å². The first-order chi connectivity index (χ1) is 18.1. The fourth-order valence-corrected chi connectivity index (χ4v) is 5.63. The van der Waals surface area contributed by atoms with Crippen LogP contribution in [0.2, 0.25) is 5.02 Å². The first-order valence-electron chi connectivity index (χ1n) is 13.1. The van der Waals surface area contributed by atoms with Gasteiger partial charge >= 0.3 is 0 Å². The highest BCUT2D eigenvalue weighted by Crippen LogP contribution is 2.43. The normalized spacial score (nSPS) is 16.4. The van der Waals surface area contributed by atoms with Crippen LogP contribution >= 0.6 is 11.6 Å². The highest BCUT2D eigenvalue weighted by atomic mass is 35.5. The topological polar surface area (TPSA) is 59.2 Å². The summed E-state index contributed by atoms with van der Waals surface area (Å²) in [4.78, 5) is 0. The van der Waals surface area contributed by atoms with E-state index in [2.05, 4.69) is 52.4 Å². The Bertz CT molecular complexity index is 1480. The van der Waals surface area contributed by atoms with Gasteiger partial charge < -0.3 is 19.4 Å². The van der Waals surface area contributed by atoms with Crippen molar-refractivity contribution in [1.29, 1.82) is 5.26 Å². The van der Waals surface area contributed by atoms with Crippen molar-refractivity contribution >= 4 is 33.9 Å². The van der Waals surface area contributed by atoms with Gasteiger partial charge in [0.25, 0.3) is 0 Å². The number of aromatic nitrogens is 1. The Kier molecular flexibility index (Phi) is 6.54. The Morgan fingerprint density at radius 1 is 1.00 bits per heavy atom. The zero-order chi connectivity index (χ0) is 25.4. The van der Waals surface area contributed by atoms with Crippen molar-refractivity contribution in [3.8, 4) is 23.1 Å². The molecule has 0 radical (unpaired) electrons. The molecule has 1 aliphatic heterocycles. The molecular formula is C31H30ClN3O2. The Hall–Kier alpha value is -3.46. The van der Waals surface area contributed by atoms with E-state index in [0.717, 1.165) is 94.3 Å². The van der Waals surface area contributed by atoms with Crippen molar-refractivity contribution in [2.75, 3.05) is 18.5 Å². The Balaban J connectivity index is 1.37. The van der Waals surface area contributed by atoms with Gasteiger partial charge in [0.15, 0.2) is 0 Å². The molecule has 2 aliphatic rings. The number of rotatable bonds is 6. The van der Waals surface area contributed by atoms with Crippen LogP contribution in [0.25, 0.3) is 22.2 Å². The SMILES string of the molecule is Cc1cc(Cl)ccc1Nc1ccc(-c2c(C#N)c3ccc(OC4CCOCC4)cc3n2C2CCC2)cc1. The van der Waals surface area contributed by atoms with Crippen LogP contribution in [0.15, 0.2) is 60.7 Å². The average molecular weight is 512 g/mol. The second-order valence-electron chi connectivity index (χ2n) is 10.1. The third-order valence-corrected chi connectivity index (χ3v) is 7.86. The number of halogens is 1. The lowest BCUT2D eigenvalue weighted by atomic mass is 9.92. The molecule has 0 bridgehead atoms. The number of ether oxygens (including phenoxy) is 2. The maximum Gasteiger partial charge on any atom is 0.121 e. The third kappa shape index (κ3) is 4.68. The van der Waals surface area contributed by atoms with Crippen LogP contribution in [0.3, 0.4) is 0 Å². The molecule has 1 aliphatic carbocycles. The van der Waals surface area contributed by atoms with E-state index in [1.54, 1.807) is 0 Å². The standard InChI is InChI=1S/C31H30ClN3O2/c1-20-17-22(32)7-12-29(20)34-23-8-5-21(6-9-23)31-28(19-33)27-11-10-26(37-25-13-15-36-16-14-25)18-30(27)35(31)24-3-2-4-24/h5-12,17-18,24-25,34H,2-4,13-16H2,1H3. The molecule has 4 aromatic rings. The minimum atomic E-state index is 0.178. The Morgan fingerprint density at radius 3 is 2.46 bits per heavy atom. The maximum absolute atomic E-state index is 10.3. The predicted molar refractivity (Wildman–Crippen MR) is 149 cm³/mol. The maximum atomic E-state index is 10.3. The first-order valence-corrected chi connectivity index (χ1v) is 13.4. The minimum absolute atomic E-state index is 0.178. The van der Waals surface area contributed by atoms with Gasteiger partial charge in [-0.05, 0) is 79.8 Å². The molecule has 6 rings (SSSR count). The fraction of sp³-hybridized carbons (Fsp3) is 0.323. The summed E-state index contributed by atoms with van der Waals surface area (Å²) in [5, 5.41) is 15.5. The van der Waals surface area contributed by atoms with Gasteiger partial charge in [0, 0.05) is 46.7 Å². The van der Waals surface area contributed by atoms with Crippen LogP contribution in [-0.2, 0) is 4.74 Å². The Morgan fingerprint density at radius 2 is 1.78 bits per heavy atom. The van der Waals surface area contributed by atoms with E-state index in [9.17, 15) is 5.26 Å². The summed E-state index contributed by atoms with van der Waals surface area (Å²) in [6.07, 6.45) is 5.47. The van der Waals surface area contributed by atoms with Crippen molar-refractivity contribution in [1.82, 2.24) is 4.57 Å². The second kappa shape index (κ2) is 10.1. The number of fused-ring (bicyclic) bond motifs is 1. The van der Waals surface area contributed by atoms with Crippen LogP contribution in [-0.4, -0.2) is 23.9 Å². The summed E-state index contributed by atoms with van der Waals surface area (Å²) in [5.41, 5.74) is 6.96. The highest BCUT2D eigenvalue weighted by molar-refractivity contribution is 6.30. The summed E-state index contributed by atoms with van der Waals surface area (Å²) >= 11 is 6.12. The lowest BCUT2D eigenvalue weighted by molar-refractivity contribution is 0.0256. The van der Waals surface area contributed by atoms with Crippen molar-refractivity contribution in [3.63, 3.8) is 0 Å². The number of anilines is 2. The van der Waals surface area contributed by atoms with E-state index in [-0.39, 0.29) is 6.10 Å². The quantitative estimate of drug-likeness (QED) is 0.283. The van der Waals surface area contributed by atoms with E-state index in [1.165, 1.54) is 6.42 Å². The summed E-state index contributed by atoms with van der Waals surface area (Å²) in [6.45, 7) is 3.53. The van der Waals surface area contributed by atoms with Crippen molar-refractivity contribution < 1.29 is 9.47 Å². The van der Waals surface area contributed by atoms with E-state index < -0.39 is 0 Å². The van der Waals surface area contributed by atoms with Crippen LogP contribution in [0.4, 0.5) is 11.4 Å². The number of nitriles is 1. The van der Waals surface area contributed by atoms with Gasteiger partial charge in [0.05, 0.1) is 30.0 Å². The van der Waals surface area contributed by atoms with E-state index in [0.29, 0.717) is 6.04 Å². The minimum Gasteiger partial charge on any atom is -0.490 e. The molecule has 5 nitrogen and oxygen atoms in total. The lowest BCUT2D eigenvalue weighted by Gasteiger charge is -2.30. The highest BCUT2D eigenvalue weighted by Gasteiger charge is 2.28. The molecule has 6 heteroatoms. The van der Waals surface area contributed by atoms with E-state index >= 15 is 0 Å². The van der Waals surface area contributed by atoms with Gasteiger partial charge in [-0.2, -0.15) is 5.26 Å². The number of benzene rings is 3. The van der Waals surface area contributed by atoms with Gasteiger partial charge in [-0.25, -0.2) is 0 Å². The average Bonchev–Trinajstić information content (AvgIpc) is 3.19. The van der Waals surface area contributed by atoms with Gasteiger partial charge in [0.2, 0.25) is 0 Å². The zero-order valence-electron chi connectivity index (χ0n) is 21.0. The van der Waals surface area contributed by atoms with Gasteiger partial charge in [-0.3, -0.25) is 0 Å². The molecule has 1 aromatic heterocycles. The number of hydrogen-bond donors (Lipinski definition) is 1. The second-order valence-corrected chi connectivity index (χ2v) is 10.5. The summed E-state index contributed by atoms with van der Waals surface area (Å²) < 4.78 is 14.2. The van der Waals surface area contributed by atoms with Gasteiger partial charge in [0.1, 0.15) is 17.9 Å². The van der Waals surface area contributed by atoms with Crippen LogP contribution < -0.4 is 10.1 Å². The van der Waals surface area contributed by atoms with Crippen LogP contribution in [0.1, 0.15) is 49.3 Å². The van der Waals surface area contributed by atoms with Crippen LogP contribution in [0.5, 0.6) is 5.75 Å². The molecule has 1 saturated heterocycles. The van der Waals surface area contributed by atoms with Crippen molar-refractivity contribution in [3.05, 3.63) is 76.8 Å². The van der Waals surface area contributed by atoms with Crippen LogP contribution in [0, 0.1) is 18.3 Å². The predicted octanol–water partition coefficient (Wildman–Crippen LogP) is 8.17. The van der Waals surface area contributed by atoms with Crippen molar-refractivity contribution in [2.45, 2.75) is 51.2 Å². The number of nitrogens with zero attached hydrogens (tertiary/aromatic N) is 2. The zero-order valence-corrected chi connectivity index (χ0v) is 21.7. The van der Waals surface area contributed by atoms with Gasteiger partial charge in [-0.1, -0.05) is 23.7 Å². The number of hydrogen-bond acceptors (Lipinski definition) is 4. The first kappa shape index (κ1) is 23.9. The third-order valence-electron chi connectivity index (χ3n) is 7.62. The molecule has 0 amide bonds. The smallest absolute Gasteiger partial charge is 0.121 e. The molecule has 3 aromatic carbocycles.